The van der Waals surface area contributed by atoms with Gasteiger partial charge < -0.3 is 52.3 Å². The summed E-state index contributed by atoms with van der Waals surface area (Å²) < 4.78 is 0. The lowest BCUT2D eigenvalue weighted by molar-refractivity contribution is -0.306. The van der Waals surface area contributed by atoms with Crippen LogP contribution in [-0.4, -0.2) is 89.9 Å². The Morgan fingerprint density at radius 1 is 0.552 bits per heavy atom. The third-order valence-corrected chi connectivity index (χ3v) is 0.167. The summed E-state index contributed by atoms with van der Waals surface area (Å²) in [5.74, 6) is -4.17. The second kappa shape index (κ2) is 36.1. The molecule has 0 aliphatic rings. The van der Waals surface area contributed by atoms with E-state index < -0.39 is 35.9 Å². The van der Waals surface area contributed by atoms with E-state index in [4.69, 9.17) is 76.3 Å². The van der Waals surface area contributed by atoms with E-state index in [2.05, 4.69) is 5.73 Å². The Labute approximate surface area is 166 Å². The van der Waals surface area contributed by atoms with Crippen molar-refractivity contribution in [3.8, 4) is 0 Å². The summed E-state index contributed by atoms with van der Waals surface area (Å²) in [7, 11) is 0. The number of carbonyl (C=O) groups is 5. The molecule has 0 aliphatic carbocycles. The minimum atomic E-state index is -3.00. The molecule has 0 bridgehead atoms. The van der Waals surface area contributed by atoms with Gasteiger partial charge >= 0.3 is 6.10 Å². The Bertz CT molecular complexity index is 312. The van der Waals surface area contributed by atoms with Crippen LogP contribution >= 0.6 is 0 Å². The van der Waals surface area contributed by atoms with Crippen LogP contribution in [0.4, 0.5) is 0 Å². The number of carboxylic acids is 5. The molecule has 0 fully saturated rings. The van der Waals surface area contributed by atoms with Crippen molar-refractivity contribution in [1.82, 2.24) is 0 Å². The maximum atomic E-state index is 9.00. The van der Waals surface area contributed by atoms with Gasteiger partial charge in [0.1, 0.15) is 0 Å². The summed E-state index contributed by atoms with van der Waals surface area (Å²) in [6.07, 6.45) is -3.00. The number of carboxylic acid groups (broad SMARTS) is 5. The Morgan fingerprint density at radius 2 is 0.586 bits per heavy atom. The van der Waals surface area contributed by atoms with Crippen molar-refractivity contribution in [2.75, 3.05) is 13.1 Å². The van der Waals surface area contributed by atoms with Crippen LogP contribution in [0.2, 0.25) is 0 Å². The number of aliphatic hydroxyl groups is 3. The molecule has 178 valence electrons. The van der Waals surface area contributed by atoms with E-state index in [0.717, 1.165) is 34.6 Å². The number of rotatable bonds is 1. The quantitative estimate of drug-likeness (QED) is 0.180. The van der Waals surface area contributed by atoms with Crippen molar-refractivity contribution < 1.29 is 64.8 Å². The standard InChI is InChI=1S/C2H8N2.5C2H4O2.CH5NO3/c3-1-2-4;5*1-2(3)4;2-1(3,4)5/h1-4H2;5*1H3,(H,3,4);3-5H,2H2. The highest BCUT2D eigenvalue weighted by Gasteiger charge is 2.04. The molecular formula is C13H33N3O13. The van der Waals surface area contributed by atoms with Crippen LogP contribution in [0.5, 0.6) is 0 Å². The zero-order valence-electron chi connectivity index (χ0n) is 16.8. The largest absolute Gasteiger partial charge is 0.481 e. The molecule has 0 saturated heterocycles. The first-order valence-electron chi connectivity index (χ1n) is 6.91. The zero-order valence-corrected chi connectivity index (χ0v) is 16.8. The normalized spacial score (nSPS) is 7.41. The van der Waals surface area contributed by atoms with Gasteiger partial charge in [0.25, 0.3) is 29.8 Å². The maximum absolute atomic E-state index is 9.00. The molecule has 14 N–H and O–H groups in total. The van der Waals surface area contributed by atoms with Crippen molar-refractivity contribution >= 4 is 29.8 Å². The summed E-state index contributed by atoms with van der Waals surface area (Å²) in [5.41, 5.74) is 13.8. The molecule has 0 amide bonds. The fourth-order valence-corrected chi connectivity index (χ4v) is 0. The highest BCUT2D eigenvalue weighted by Crippen LogP contribution is 1.69. The van der Waals surface area contributed by atoms with Gasteiger partial charge in [-0.15, -0.1) is 0 Å². The highest BCUT2D eigenvalue weighted by atomic mass is 16.7. The van der Waals surface area contributed by atoms with E-state index in [0.29, 0.717) is 13.1 Å². The first-order chi connectivity index (χ1) is 12.6. The molecule has 0 aromatic rings. The molecule has 0 rings (SSSR count). The molecule has 0 radical (unpaired) electrons. The molecule has 0 unspecified atom stereocenters. The van der Waals surface area contributed by atoms with Gasteiger partial charge in [0.15, 0.2) is 0 Å². The van der Waals surface area contributed by atoms with Crippen LogP contribution in [0.15, 0.2) is 0 Å². The number of nitrogens with two attached hydrogens (primary N) is 3. The molecule has 16 nitrogen and oxygen atoms in total. The smallest absolute Gasteiger partial charge is 0.340 e. The Hall–Kier alpha value is -2.89. The summed E-state index contributed by atoms with van der Waals surface area (Å²) in [6.45, 7) is 6.61. The highest BCUT2D eigenvalue weighted by molar-refractivity contribution is 5.63. The van der Waals surface area contributed by atoms with Crippen molar-refractivity contribution in [2.45, 2.75) is 40.7 Å². The van der Waals surface area contributed by atoms with Gasteiger partial charge in [0, 0.05) is 47.7 Å². The van der Waals surface area contributed by atoms with Crippen LogP contribution in [0.1, 0.15) is 34.6 Å². The molecule has 0 heterocycles. The fourth-order valence-electron chi connectivity index (χ4n) is 0. The first kappa shape index (κ1) is 45.1. The van der Waals surface area contributed by atoms with E-state index in [9.17, 15) is 0 Å². The van der Waals surface area contributed by atoms with Crippen LogP contribution in [-0.2, 0) is 24.0 Å². The zero-order chi connectivity index (χ0) is 25.8. The van der Waals surface area contributed by atoms with Gasteiger partial charge in [-0.3, -0.25) is 29.7 Å². The van der Waals surface area contributed by atoms with Gasteiger partial charge in [-0.1, -0.05) is 0 Å². The Kier molecular flexibility index (Phi) is 56.1. The summed E-state index contributed by atoms with van der Waals surface area (Å²) in [4.78, 5) is 45.0. The van der Waals surface area contributed by atoms with E-state index in [1.54, 1.807) is 0 Å². The lowest BCUT2D eigenvalue weighted by Crippen LogP contribution is -2.38. The second-order valence-corrected chi connectivity index (χ2v) is 3.86. The number of hydrogen-bond acceptors (Lipinski definition) is 11. The lowest BCUT2D eigenvalue weighted by Gasteiger charge is -2.01. The molecule has 0 aromatic heterocycles. The first-order valence-corrected chi connectivity index (χ1v) is 6.91. The minimum absolute atomic E-state index is 0.597. The van der Waals surface area contributed by atoms with E-state index in [1.165, 1.54) is 0 Å². The fraction of sp³-hybridized carbons (Fsp3) is 0.615. The number of hydrogen-bond donors (Lipinski definition) is 11. The average molecular weight is 439 g/mol. The van der Waals surface area contributed by atoms with Gasteiger partial charge in [-0.05, 0) is 0 Å². The van der Waals surface area contributed by atoms with E-state index >= 15 is 0 Å². The van der Waals surface area contributed by atoms with Crippen LogP contribution in [0, 0.1) is 0 Å². The topological polar surface area (TPSA) is 325 Å². The van der Waals surface area contributed by atoms with Crippen molar-refractivity contribution in [2.24, 2.45) is 17.2 Å². The van der Waals surface area contributed by atoms with Crippen molar-refractivity contribution in [1.29, 1.82) is 0 Å². The third kappa shape index (κ3) is 3750. The van der Waals surface area contributed by atoms with E-state index in [-0.39, 0.29) is 0 Å². The Balaban J connectivity index is -0.0000000390. The molecule has 0 aliphatic heterocycles. The van der Waals surface area contributed by atoms with Gasteiger partial charge in [-0.25, -0.2) is 0 Å². The second-order valence-electron chi connectivity index (χ2n) is 3.86. The van der Waals surface area contributed by atoms with E-state index in [1.807, 2.05) is 0 Å². The molecule has 16 heteroatoms. The molecule has 0 saturated carbocycles. The van der Waals surface area contributed by atoms with Crippen LogP contribution < -0.4 is 17.2 Å². The Morgan fingerprint density at radius 3 is 0.586 bits per heavy atom. The predicted octanol–water partition coefficient (Wildman–Crippen LogP) is -3.11. The molecular weight excluding hydrogens is 406 g/mol. The summed E-state index contributed by atoms with van der Waals surface area (Å²) in [5, 5.41) is 59.3. The SMILES string of the molecule is CC(=O)O.CC(=O)O.CC(=O)O.CC(=O)O.CC(=O)O.NC(O)(O)O.NCCN. The van der Waals surface area contributed by atoms with Crippen molar-refractivity contribution in [3.05, 3.63) is 0 Å². The molecule has 0 aromatic carbocycles. The summed E-state index contributed by atoms with van der Waals surface area (Å²) >= 11 is 0. The summed E-state index contributed by atoms with van der Waals surface area (Å²) in [6, 6.07) is 0. The lowest BCUT2D eigenvalue weighted by atomic mass is 10.7. The van der Waals surface area contributed by atoms with Gasteiger partial charge in [0.2, 0.25) is 0 Å². The van der Waals surface area contributed by atoms with Crippen LogP contribution in [0.25, 0.3) is 0 Å². The van der Waals surface area contributed by atoms with Gasteiger partial charge in [0.05, 0.1) is 0 Å². The molecule has 0 spiro atoms. The molecule has 0 atom stereocenters. The predicted molar refractivity (Wildman–Crippen MR) is 98.2 cm³/mol. The molecule has 29 heavy (non-hydrogen) atoms. The minimum Gasteiger partial charge on any atom is -0.481 e. The monoisotopic (exact) mass is 439 g/mol. The number of aliphatic carboxylic acids is 5. The van der Waals surface area contributed by atoms with Crippen LogP contribution in [0.3, 0.4) is 0 Å². The van der Waals surface area contributed by atoms with Crippen molar-refractivity contribution in [3.63, 3.8) is 0 Å². The maximum Gasteiger partial charge on any atom is 0.340 e. The van der Waals surface area contributed by atoms with Gasteiger partial charge in [-0.2, -0.15) is 0 Å². The average Bonchev–Trinajstić information content (AvgIpc) is 2.32. The third-order valence-electron chi connectivity index (χ3n) is 0.167.